The number of ether oxygens (including phenoxy) is 1. The van der Waals surface area contributed by atoms with Crippen molar-refractivity contribution in [2.24, 2.45) is 4.99 Å². The molecule has 1 amide bonds. The van der Waals surface area contributed by atoms with E-state index in [0.717, 1.165) is 36.7 Å². The molecule has 0 aliphatic heterocycles. The number of nitrogens with zero attached hydrogens (tertiary/aromatic N) is 1. The van der Waals surface area contributed by atoms with Gasteiger partial charge >= 0.3 is 0 Å². The van der Waals surface area contributed by atoms with Crippen LogP contribution in [0.25, 0.3) is 0 Å². The Morgan fingerprint density at radius 2 is 1.97 bits per heavy atom. The molecule has 2 aromatic carbocycles. The molecule has 6 nitrogen and oxygen atoms in total. The van der Waals surface area contributed by atoms with Gasteiger partial charge in [0.25, 0.3) is 5.91 Å². The standard InChI is InChI=1S/C22H28N4O2S/c1-23-22(24-12-13-29-20-8-3-2-4-9-20)25-15-17-6-5-7-19(14-17)28-16-21(27)26-18-10-11-18/h2-9,14,18H,10-13,15-16H2,1H3,(H,26,27)(H2,23,24,25). The molecule has 0 aromatic heterocycles. The average Bonchev–Trinajstić information content (AvgIpc) is 3.57. The summed E-state index contributed by atoms with van der Waals surface area (Å²) in [5, 5.41) is 9.55. The fraction of sp³-hybridized carbons (Fsp3) is 0.364. The number of thioether (sulfide) groups is 1. The van der Waals surface area contributed by atoms with E-state index in [2.05, 4.69) is 33.1 Å². The number of carbonyl (C=O) groups excluding carboxylic acids is 1. The minimum atomic E-state index is -0.0611. The van der Waals surface area contributed by atoms with Crippen molar-refractivity contribution in [3.8, 4) is 5.75 Å². The third-order valence-electron chi connectivity index (χ3n) is 4.30. The van der Waals surface area contributed by atoms with Gasteiger partial charge in [-0.3, -0.25) is 9.79 Å². The summed E-state index contributed by atoms with van der Waals surface area (Å²) in [4.78, 5) is 17.3. The summed E-state index contributed by atoms with van der Waals surface area (Å²) >= 11 is 1.81. The molecule has 2 aromatic rings. The summed E-state index contributed by atoms with van der Waals surface area (Å²) in [6.45, 7) is 1.49. The van der Waals surface area contributed by atoms with Crippen LogP contribution in [0.15, 0.2) is 64.5 Å². The highest BCUT2D eigenvalue weighted by Crippen LogP contribution is 2.19. The van der Waals surface area contributed by atoms with Gasteiger partial charge in [0.15, 0.2) is 12.6 Å². The molecule has 1 saturated carbocycles. The molecule has 3 rings (SSSR count). The van der Waals surface area contributed by atoms with Crippen molar-refractivity contribution in [3.05, 3.63) is 60.2 Å². The van der Waals surface area contributed by atoms with Crippen LogP contribution < -0.4 is 20.7 Å². The monoisotopic (exact) mass is 412 g/mol. The van der Waals surface area contributed by atoms with Crippen LogP contribution in [-0.2, 0) is 11.3 Å². The lowest BCUT2D eigenvalue weighted by molar-refractivity contribution is -0.123. The summed E-state index contributed by atoms with van der Waals surface area (Å²) in [5.41, 5.74) is 1.06. The topological polar surface area (TPSA) is 74.8 Å². The normalized spacial score (nSPS) is 13.6. The van der Waals surface area contributed by atoms with Gasteiger partial charge in [-0.2, -0.15) is 0 Å². The zero-order valence-electron chi connectivity index (χ0n) is 16.7. The van der Waals surface area contributed by atoms with Crippen molar-refractivity contribution in [2.45, 2.75) is 30.3 Å². The van der Waals surface area contributed by atoms with E-state index in [1.165, 1.54) is 4.90 Å². The lowest BCUT2D eigenvalue weighted by atomic mass is 10.2. The van der Waals surface area contributed by atoms with E-state index in [1.807, 2.05) is 54.2 Å². The molecule has 1 aliphatic rings. The second-order valence-corrected chi connectivity index (χ2v) is 7.96. The SMILES string of the molecule is CN=C(NCCSc1ccccc1)NCc1cccc(OCC(=O)NC2CC2)c1. The van der Waals surface area contributed by atoms with Gasteiger partial charge in [-0.15, -0.1) is 11.8 Å². The number of hydrogen-bond donors (Lipinski definition) is 3. The number of amides is 1. The largest absolute Gasteiger partial charge is 0.484 e. The van der Waals surface area contributed by atoms with E-state index < -0.39 is 0 Å². The lowest BCUT2D eigenvalue weighted by Gasteiger charge is -2.13. The van der Waals surface area contributed by atoms with E-state index in [9.17, 15) is 4.79 Å². The number of rotatable bonds is 10. The van der Waals surface area contributed by atoms with E-state index >= 15 is 0 Å². The van der Waals surface area contributed by atoms with E-state index in [-0.39, 0.29) is 12.5 Å². The molecular formula is C22H28N4O2S. The first-order chi connectivity index (χ1) is 14.2. The Kier molecular flexibility index (Phi) is 8.25. The molecule has 0 atom stereocenters. The highest BCUT2D eigenvalue weighted by molar-refractivity contribution is 7.99. The van der Waals surface area contributed by atoms with Crippen molar-refractivity contribution in [1.29, 1.82) is 0 Å². The predicted octanol–water partition coefficient (Wildman–Crippen LogP) is 2.80. The first kappa shape index (κ1) is 21.0. The van der Waals surface area contributed by atoms with Crippen LogP contribution in [-0.4, -0.2) is 43.9 Å². The van der Waals surface area contributed by atoms with Gasteiger partial charge in [0.05, 0.1) is 0 Å². The molecule has 1 aliphatic carbocycles. The summed E-state index contributed by atoms with van der Waals surface area (Å²) < 4.78 is 5.60. The summed E-state index contributed by atoms with van der Waals surface area (Å²) in [7, 11) is 1.76. The first-order valence-corrected chi connectivity index (χ1v) is 10.8. The zero-order chi connectivity index (χ0) is 20.3. The van der Waals surface area contributed by atoms with Crippen LogP contribution in [0.2, 0.25) is 0 Å². The molecule has 0 bridgehead atoms. The van der Waals surface area contributed by atoms with Crippen molar-refractivity contribution in [2.75, 3.05) is 26.0 Å². The Labute approximate surface area is 176 Å². The molecular weight excluding hydrogens is 384 g/mol. The Hall–Kier alpha value is -2.67. The van der Waals surface area contributed by atoms with Crippen molar-refractivity contribution in [1.82, 2.24) is 16.0 Å². The molecule has 0 unspecified atom stereocenters. The second-order valence-electron chi connectivity index (χ2n) is 6.79. The average molecular weight is 413 g/mol. The number of benzene rings is 2. The number of carbonyl (C=O) groups is 1. The number of aliphatic imine (C=N–C) groups is 1. The Balaban J connectivity index is 1.36. The second kappa shape index (κ2) is 11.4. The molecule has 3 N–H and O–H groups in total. The molecule has 0 radical (unpaired) electrons. The Morgan fingerprint density at radius 3 is 2.72 bits per heavy atom. The minimum absolute atomic E-state index is 0.0513. The van der Waals surface area contributed by atoms with Crippen LogP contribution in [0, 0.1) is 0 Å². The fourth-order valence-electron chi connectivity index (χ4n) is 2.65. The third kappa shape index (κ3) is 8.07. The molecule has 0 heterocycles. The summed E-state index contributed by atoms with van der Waals surface area (Å²) in [5.74, 6) is 2.34. The maximum atomic E-state index is 11.7. The van der Waals surface area contributed by atoms with Gasteiger partial charge in [-0.25, -0.2) is 0 Å². The van der Waals surface area contributed by atoms with Crippen molar-refractivity contribution in [3.63, 3.8) is 0 Å². The van der Waals surface area contributed by atoms with E-state index in [4.69, 9.17) is 4.74 Å². The van der Waals surface area contributed by atoms with E-state index in [0.29, 0.717) is 18.3 Å². The maximum absolute atomic E-state index is 11.7. The Bertz CT molecular complexity index is 809. The molecule has 29 heavy (non-hydrogen) atoms. The predicted molar refractivity (Wildman–Crippen MR) is 118 cm³/mol. The third-order valence-corrected chi connectivity index (χ3v) is 5.31. The van der Waals surface area contributed by atoms with Gasteiger partial charge in [0.2, 0.25) is 0 Å². The van der Waals surface area contributed by atoms with Gasteiger partial charge in [-0.05, 0) is 42.7 Å². The highest BCUT2D eigenvalue weighted by Gasteiger charge is 2.23. The highest BCUT2D eigenvalue weighted by atomic mass is 32.2. The van der Waals surface area contributed by atoms with Crippen molar-refractivity contribution >= 4 is 23.6 Å². The van der Waals surface area contributed by atoms with Crippen LogP contribution >= 0.6 is 11.8 Å². The first-order valence-electron chi connectivity index (χ1n) is 9.86. The summed E-state index contributed by atoms with van der Waals surface area (Å²) in [6.07, 6.45) is 2.15. The molecule has 7 heteroatoms. The van der Waals surface area contributed by atoms with Crippen LogP contribution in [0.4, 0.5) is 0 Å². The number of guanidine groups is 1. The van der Waals surface area contributed by atoms with Gasteiger partial charge < -0.3 is 20.7 Å². The van der Waals surface area contributed by atoms with Crippen LogP contribution in [0.3, 0.4) is 0 Å². The number of hydrogen-bond acceptors (Lipinski definition) is 4. The van der Waals surface area contributed by atoms with Crippen LogP contribution in [0.5, 0.6) is 5.75 Å². The van der Waals surface area contributed by atoms with E-state index in [1.54, 1.807) is 7.05 Å². The molecule has 0 saturated heterocycles. The van der Waals surface area contributed by atoms with Gasteiger partial charge in [0, 0.05) is 36.8 Å². The molecule has 0 spiro atoms. The van der Waals surface area contributed by atoms with Crippen molar-refractivity contribution < 1.29 is 9.53 Å². The molecule has 154 valence electrons. The molecule has 1 fully saturated rings. The number of nitrogens with one attached hydrogen (secondary N) is 3. The quantitative estimate of drug-likeness (QED) is 0.242. The fourth-order valence-corrected chi connectivity index (χ4v) is 3.44. The summed E-state index contributed by atoms with van der Waals surface area (Å²) in [6, 6.07) is 18.5. The van der Waals surface area contributed by atoms with Crippen LogP contribution in [0.1, 0.15) is 18.4 Å². The zero-order valence-corrected chi connectivity index (χ0v) is 17.5. The Morgan fingerprint density at radius 1 is 1.14 bits per heavy atom. The lowest BCUT2D eigenvalue weighted by Crippen LogP contribution is -2.37. The van der Waals surface area contributed by atoms with Gasteiger partial charge in [-0.1, -0.05) is 30.3 Å². The minimum Gasteiger partial charge on any atom is -0.484 e. The smallest absolute Gasteiger partial charge is 0.258 e. The maximum Gasteiger partial charge on any atom is 0.258 e. The van der Waals surface area contributed by atoms with Gasteiger partial charge in [0.1, 0.15) is 5.75 Å².